The molecule has 0 aromatic heterocycles. The molecule has 4 fully saturated rings. The molecule has 8 atom stereocenters. The second-order valence-corrected chi connectivity index (χ2v) is 31.2. The van der Waals surface area contributed by atoms with Crippen molar-refractivity contribution in [1.29, 1.82) is 0 Å². The zero-order valence-corrected chi connectivity index (χ0v) is 45.5. The van der Waals surface area contributed by atoms with E-state index in [-0.39, 0.29) is 66.5 Å². The van der Waals surface area contributed by atoms with Crippen LogP contribution in [-0.2, 0) is 27.8 Å². The summed E-state index contributed by atoms with van der Waals surface area (Å²) in [6.07, 6.45) is 12.1. The Morgan fingerprint density at radius 2 is 0.829 bits per heavy atom. The Morgan fingerprint density at radius 3 is 1.13 bits per heavy atom. The molecule has 384 valence electrons. The van der Waals surface area contributed by atoms with E-state index in [4.69, 9.17) is 27.8 Å². The Labute approximate surface area is 422 Å². The van der Waals surface area contributed by atoms with Gasteiger partial charge in [0.25, 0.3) is 16.6 Å². The van der Waals surface area contributed by atoms with Gasteiger partial charge >= 0.3 is 0 Å². The lowest BCUT2D eigenvalue weighted by Gasteiger charge is -2.44. The van der Waals surface area contributed by atoms with Crippen LogP contribution in [0.4, 0.5) is 0 Å². The number of aliphatic hydroxyl groups is 3. The van der Waals surface area contributed by atoms with Crippen LogP contribution in [0.1, 0.15) is 132 Å². The average Bonchev–Trinajstić information content (AvgIpc) is 3.94. The zero-order valence-electron chi connectivity index (χ0n) is 43.5. The summed E-state index contributed by atoms with van der Waals surface area (Å²) >= 11 is 0. The molecule has 0 amide bonds. The maximum absolute atomic E-state index is 10.3. The van der Waals surface area contributed by atoms with E-state index in [2.05, 4.69) is 170 Å². The molecule has 0 unspecified atom stereocenters. The van der Waals surface area contributed by atoms with Gasteiger partial charge in [-0.15, -0.1) is 0 Å². The topological polar surface area (TPSA) is 116 Å². The monoisotopic (exact) mass is 995 g/mol. The van der Waals surface area contributed by atoms with Crippen LogP contribution in [0, 0.1) is 0 Å². The number of hydrogen-bond donors (Lipinski definition) is 3. The fourth-order valence-corrected chi connectivity index (χ4v) is 21.5. The Bertz CT molecular complexity index is 1900. The first-order chi connectivity index (χ1) is 33.7. The highest BCUT2D eigenvalue weighted by Crippen LogP contribution is 2.45. The van der Waals surface area contributed by atoms with Crippen molar-refractivity contribution in [3.63, 3.8) is 0 Å². The molecule has 0 aliphatic carbocycles. The lowest BCUT2D eigenvalue weighted by atomic mass is 9.86. The molecule has 3 N–H and O–H groups in total. The minimum Gasteiger partial charge on any atom is -0.407 e. The van der Waals surface area contributed by atoms with E-state index < -0.39 is 27.8 Å². The van der Waals surface area contributed by atoms with E-state index in [1.807, 2.05) is 0 Å². The smallest absolute Gasteiger partial charge is 0.261 e. The van der Waals surface area contributed by atoms with Gasteiger partial charge in [0.15, 0.2) is 0 Å². The van der Waals surface area contributed by atoms with Crippen LogP contribution in [0.15, 0.2) is 121 Å². The van der Waals surface area contributed by atoms with Crippen molar-refractivity contribution < 1.29 is 43.1 Å². The van der Waals surface area contributed by atoms with Gasteiger partial charge in [-0.25, -0.2) is 0 Å². The third-order valence-electron chi connectivity index (χ3n) is 15.8. The molecule has 9 nitrogen and oxygen atoms in total. The van der Waals surface area contributed by atoms with E-state index in [9.17, 15) is 15.3 Å². The van der Waals surface area contributed by atoms with Crippen LogP contribution >= 0.6 is 0 Å². The number of fused-ring (bicyclic) bond motifs is 2. The highest BCUT2D eigenvalue weighted by Gasteiger charge is 2.55. The van der Waals surface area contributed by atoms with E-state index >= 15 is 0 Å². The van der Waals surface area contributed by atoms with Gasteiger partial charge < -0.3 is 43.1 Å². The van der Waals surface area contributed by atoms with E-state index in [0.717, 1.165) is 64.2 Å². The van der Waals surface area contributed by atoms with Crippen molar-refractivity contribution in [2.45, 2.75) is 190 Å². The molecule has 4 aliphatic rings. The fourth-order valence-electron chi connectivity index (χ4n) is 12.3. The number of unbranched alkanes of at least 4 members (excludes halogenated alkanes) is 1. The van der Waals surface area contributed by atoms with Crippen molar-refractivity contribution in [1.82, 2.24) is 0 Å². The number of benzene rings is 4. The van der Waals surface area contributed by atoms with E-state index in [1.54, 1.807) is 0 Å². The Kier molecular flexibility index (Phi) is 19.0. The minimum absolute atomic E-state index is 0.0169. The Morgan fingerprint density at radius 1 is 0.486 bits per heavy atom. The van der Waals surface area contributed by atoms with Crippen molar-refractivity contribution in [3.8, 4) is 0 Å². The van der Waals surface area contributed by atoms with Crippen LogP contribution in [0.2, 0.25) is 10.1 Å². The summed E-state index contributed by atoms with van der Waals surface area (Å²) in [6, 6.07) is 43.0. The summed E-state index contributed by atoms with van der Waals surface area (Å²) in [6.45, 7) is 17.5. The molecule has 4 aromatic rings. The van der Waals surface area contributed by atoms with Crippen molar-refractivity contribution in [3.05, 3.63) is 121 Å². The Hall–Kier alpha value is -3.05. The highest BCUT2D eigenvalue weighted by molar-refractivity contribution is 7.00. The van der Waals surface area contributed by atoms with Gasteiger partial charge in [0, 0.05) is 32.7 Å². The molecule has 4 heterocycles. The summed E-state index contributed by atoms with van der Waals surface area (Å²) in [5.41, 5.74) is -1.17. The minimum atomic E-state index is -2.57. The predicted octanol–water partition coefficient (Wildman–Crippen LogP) is 9.00. The van der Waals surface area contributed by atoms with Crippen LogP contribution in [-0.4, -0.2) is 113 Å². The molecule has 4 aromatic carbocycles. The first kappa shape index (κ1) is 54.7. The van der Waals surface area contributed by atoms with Gasteiger partial charge in [0.05, 0.1) is 49.8 Å². The predicted molar refractivity (Wildman–Crippen MR) is 287 cm³/mol. The van der Waals surface area contributed by atoms with Gasteiger partial charge in [-0.3, -0.25) is 0 Å². The maximum atomic E-state index is 10.3. The molecule has 11 heteroatoms. The van der Waals surface area contributed by atoms with Crippen LogP contribution in [0.3, 0.4) is 0 Å². The summed E-state index contributed by atoms with van der Waals surface area (Å²) in [4.78, 5) is 0. The zero-order chi connectivity index (χ0) is 49.9. The number of hydrogen-bond acceptors (Lipinski definition) is 9. The lowest BCUT2D eigenvalue weighted by molar-refractivity contribution is -0.185. The van der Waals surface area contributed by atoms with Crippen molar-refractivity contribution >= 4 is 37.4 Å². The van der Waals surface area contributed by atoms with Gasteiger partial charge in [-0.2, -0.15) is 0 Å². The Balaban J connectivity index is 0.000000206. The summed E-state index contributed by atoms with van der Waals surface area (Å²) in [5.74, 6) is 0. The highest BCUT2D eigenvalue weighted by atomic mass is 28.4. The first-order valence-electron chi connectivity index (χ1n) is 26.7. The second-order valence-electron chi connectivity index (χ2n) is 22.6. The van der Waals surface area contributed by atoms with Gasteiger partial charge in [0.2, 0.25) is 0 Å². The third-order valence-corrected chi connectivity index (χ3v) is 25.9. The largest absolute Gasteiger partial charge is 0.407 e. The van der Waals surface area contributed by atoms with Gasteiger partial charge in [0.1, 0.15) is 11.2 Å². The van der Waals surface area contributed by atoms with Gasteiger partial charge in [-0.1, -0.05) is 183 Å². The number of rotatable bonds is 20. The van der Waals surface area contributed by atoms with Crippen molar-refractivity contribution in [2.24, 2.45) is 0 Å². The molecule has 70 heavy (non-hydrogen) atoms. The second kappa shape index (κ2) is 24.3. The van der Waals surface area contributed by atoms with Crippen LogP contribution in [0.5, 0.6) is 0 Å². The first-order valence-corrected chi connectivity index (χ1v) is 30.5. The van der Waals surface area contributed by atoms with Crippen LogP contribution < -0.4 is 20.7 Å². The quantitative estimate of drug-likeness (QED) is 0.0747. The molecule has 0 spiro atoms. The average molecular weight is 995 g/mol. The van der Waals surface area contributed by atoms with Crippen molar-refractivity contribution in [2.75, 3.05) is 33.0 Å². The van der Waals surface area contributed by atoms with E-state index in [0.29, 0.717) is 26.1 Å². The summed E-state index contributed by atoms with van der Waals surface area (Å²) < 4.78 is 39.9. The molecule has 0 radical (unpaired) electrons. The third kappa shape index (κ3) is 12.0. The van der Waals surface area contributed by atoms with Gasteiger partial charge in [-0.05, 0) is 88.6 Å². The fraction of sp³-hybridized carbons (Fsp3) is 0.593. The molecule has 0 saturated carbocycles. The van der Waals surface area contributed by atoms with Crippen LogP contribution in [0.25, 0.3) is 0 Å². The molecular formula is C59H86O9Si2. The lowest BCUT2D eigenvalue weighted by Crippen LogP contribution is -2.66. The SMILES string of the molecule is CC(C)(C)[Si](OCC[C@H]1CC[C@@H]2O[C@@H](CCCO)C[C@]2(CO)O1)(c1ccccc1)c1ccccc1.CCCC[C@H]1C[C@]2(CO)O[C@@H](CCO[Si](c3ccccc3)(c3ccccc3)C(C)(C)C)CC[C@@H]2O1. The molecular weight excluding hydrogens is 909 g/mol. The summed E-state index contributed by atoms with van der Waals surface area (Å²) in [5, 5.41) is 34.9. The summed E-state index contributed by atoms with van der Waals surface area (Å²) in [7, 11) is -5.11. The number of ether oxygens (including phenoxy) is 4. The normalized spacial score (nSPS) is 27.1. The molecule has 8 rings (SSSR count). The molecule has 4 saturated heterocycles. The standard InChI is InChI=1S/C30H44O4Si.C29H42O5Si/c1-5-6-13-25-22-30(23-31)28(33-25)19-18-24(34-30)20-21-32-35(29(2,3)4,26-14-9-7-10-15-26)27-16-11-8-12-17-27;1-28(2,3)35(25-12-6-4-7-13-25,26-14-8-5-9-15-26)32-20-18-23-16-17-27-29(22-31,34-23)21-24(33-27)11-10-19-30/h7-12,14-17,24-25,28,31H,5-6,13,18-23H2,1-4H3;4-9,12-15,23-24,27,30-31H,10-11,16-22H2,1-3H3/t24-,25+,28+,30-;23-,24+,27+,29-/m11/s1. The van der Waals surface area contributed by atoms with E-state index in [1.165, 1.54) is 27.2 Å². The molecule has 0 bridgehead atoms. The molecule has 4 aliphatic heterocycles. The number of aliphatic hydroxyl groups excluding tert-OH is 3. The maximum Gasteiger partial charge on any atom is 0.261 e.